The Hall–Kier alpha value is -0.450. The monoisotopic (exact) mass is 364 g/mol. The van der Waals surface area contributed by atoms with E-state index in [0.29, 0.717) is 37.2 Å². The van der Waals surface area contributed by atoms with Crippen LogP contribution in [-0.2, 0) is 10.6 Å². The fourth-order valence-corrected chi connectivity index (χ4v) is 2.41. The molecule has 0 saturated carbocycles. The van der Waals surface area contributed by atoms with Crippen LogP contribution < -0.4 is 9.47 Å². The second-order valence-electron chi connectivity index (χ2n) is 4.29. The number of hydrogen-bond acceptors (Lipinski definition) is 3. The van der Waals surface area contributed by atoms with E-state index in [1.807, 2.05) is 19.1 Å². The molecule has 0 saturated heterocycles. The van der Waals surface area contributed by atoms with Gasteiger partial charge in [-0.2, -0.15) is 0 Å². The third-order valence-corrected chi connectivity index (χ3v) is 3.54. The average molecular weight is 366 g/mol. The molecule has 0 aromatic heterocycles. The number of hydrogen-bond donors (Lipinski definition) is 0. The van der Waals surface area contributed by atoms with Gasteiger partial charge in [0.1, 0.15) is 6.61 Å². The summed E-state index contributed by atoms with van der Waals surface area (Å²) in [6, 6.07) is 3.86. The van der Waals surface area contributed by atoms with Crippen LogP contribution in [0.2, 0.25) is 0 Å². The fraction of sp³-hybridized carbons (Fsp3) is 0.600. The third-order valence-electron chi connectivity index (χ3n) is 2.64. The quantitative estimate of drug-likeness (QED) is 0.441. The smallest absolute Gasteiger partial charge is 0.175 e. The van der Waals surface area contributed by atoms with Crippen molar-refractivity contribution in [3.63, 3.8) is 0 Å². The van der Waals surface area contributed by atoms with E-state index in [-0.39, 0.29) is 0 Å². The second-order valence-corrected chi connectivity index (χ2v) is 5.41. The fourth-order valence-electron chi connectivity index (χ4n) is 1.65. The summed E-state index contributed by atoms with van der Waals surface area (Å²) in [5.74, 6) is 1.87. The Bertz CT molecular complexity index is 399. The Labute approximate surface area is 134 Å². The van der Waals surface area contributed by atoms with E-state index in [1.165, 1.54) is 0 Å². The molecule has 0 bridgehead atoms. The summed E-state index contributed by atoms with van der Waals surface area (Å²) in [5, 5.41) is 0. The first-order valence-corrected chi connectivity index (χ1v) is 8.27. The van der Waals surface area contributed by atoms with Gasteiger partial charge in [0.15, 0.2) is 11.5 Å². The molecule has 0 aliphatic rings. The van der Waals surface area contributed by atoms with Crippen molar-refractivity contribution in [2.75, 3.05) is 26.4 Å². The van der Waals surface area contributed by atoms with Gasteiger partial charge in [-0.25, -0.2) is 0 Å². The lowest BCUT2D eigenvalue weighted by atomic mass is 10.2. The van der Waals surface area contributed by atoms with Crippen molar-refractivity contribution in [2.24, 2.45) is 0 Å². The number of halogens is 2. The molecule has 0 aliphatic carbocycles. The van der Waals surface area contributed by atoms with Gasteiger partial charge in [-0.15, -0.1) is 11.6 Å². The van der Waals surface area contributed by atoms with Crippen molar-refractivity contribution < 1.29 is 14.2 Å². The summed E-state index contributed by atoms with van der Waals surface area (Å²) in [7, 11) is 0. The number of unbranched alkanes of at least 4 members (excludes halogenated alkanes) is 1. The maximum atomic E-state index is 5.86. The number of ether oxygens (including phenoxy) is 3. The highest BCUT2D eigenvalue weighted by Crippen LogP contribution is 2.37. The van der Waals surface area contributed by atoms with Gasteiger partial charge in [0.2, 0.25) is 0 Å². The minimum absolute atomic E-state index is 0.444. The molecule has 114 valence electrons. The minimum atomic E-state index is 0.444. The van der Waals surface area contributed by atoms with E-state index in [1.54, 1.807) is 0 Å². The molecule has 0 amide bonds. The molecule has 1 aromatic carbocycles. The van der Waals surface area contributed by atoms with E-state index in [0.717, 1.165) is 29.5 Å². The van der Waals surface area contributed by atoms with Crippen molar-refractivity contribution in [2.45, 2.75) is 32.6 Å². The van der Waals surface area contributed by atoms with Gasteiger partial charge < -0.3 is 14.2 Å². The molecule has 1 rings (SSSR count). The van der Waals surface area contributed by atoms with E-state index in [2.05, 4.69) is 22.9 Å². The van der Waals surface area contributed by atoms with Gasteiger partial charge in [0.25, 0.3) is 0 Å². The lowest BCUT2D eigenvalue weighted by molar-refractivity contribution is 0.0964. The molecule has 0 spiro atoms. The summed E-state index contributed by atoms with van der Waals surface area (Å²) in [5.41, 5.74) is 0.994. The Morgan fingerprint density at radius 1 is 1.10 bits per heavy atom. The molecular weight excluding hydrogens is 344 g/mol. The Morgan fingerprint density at radius 2 is 1.90 bits per heavy atom. The van der Waals surface area contributed by atoms with Crippen molar-refractivity contribution in [1.82, 2.24) is 0 Å². The predicted molar refractivity (Wildman–Crippen MR) is 86.1 cm³/mol. The van der Waals surface area contributed by atoms with Crippen LogP contribution >= 0.6 is 27.5 Å². The number of benzene rings is 1. The van der Waals surface area contributed by atoms with Gasteiger partial charge in [-0.05, 0) is 47.0 Å². The van der Waals surface area contributed by atoms with E-state index in [9.17, 15) is 0 Å². The van der Waals surface area contributed by atoms with Crippen LogP contribution in [0.25, 0.3) is 0 Å². The first-order valence-electron chi connectivity index (χ1n) is 6.94. The minimum Gasteiger partial charge on any atom is -0.490 e. The molecule has 1 aromatic rings. The maximum absolute atomic E-state index is 5.86. The molecular formula is C15H22BrClO3. The number of alkyl halides is 1. The lowest BCUT2D eigenvalue weighted by Crippen LogP contribution is -2.09. The zero-order valence-corrected chi connectivity index (χ0v) is 14.4. The predicted octanol–water partition coefficient (Wildman–Crippen LogP) is 4.78. The molecule has 5 heteroatoms. The molecule has 0 unspecified atom stereocenters. The average Bonchev–Trinajstić information content (AvgIpc) is 2.44. The molecule has 0 aliphatic heterocycles. The van der Waals surface area contributed by atoms with Crippen LogP contribution in [0.3, 0.4) is 0 Å². The van der Waals surface area contributed by atoms with Crippen LogP contribution in [0.4, 0.5) is 0 Å². The van der Waals surface area contributed by atoms with Gasteiger partial charge >= 0.3 is 0 Å². The van der Waals surface area contributed by atoms with Crippen LogP contribution in [0, 0.1) is 0 Å². The zero-order chi connectivity index (χ0) is 14.8. The number of rotatable bonds is 10. The van der Waals surface area contributed by atoms with Crippen molar-refractivity contribution in [3.8, 4) is 11.5 Å². The topological polar surface area (TPSA) is 27.7 Å². The molecule has 0 heterocycles. The third kappa shape index (κ3) is 5.90. The zero-order valence-electron chi connectivity index (χ0n) is 12.1. The molecule has 0 fully saturated rings. The molecule has 20 heavy (non-hydrogen) atoms. The summed E-state index contributed by atoms with van der Waals surface area (Å²) < 4.78 is 17.7. The van der Waals surface area contributed by atoms with Crippen LogP contribution in [-0.4, -0.2) is 26.4 Å². The van der Waals surface area contributed by atoms with Crippen LogP contribution in [0.15, 0.2) is 16.6 Å². The van der Waals surface area contributed by atoms with Crippen LogP contribution in [0.1, 0.15) is 32.3 Å². The van der Waals surface area contributed by atoms with Gasteiger partial charge in [0.05, 0.1) is 17.7 Å². The highest BCUT2D eigenvalue weighted by atomic mass is 79.9. The van der Waals surface area contributed by atoms with Crippen molar-refractivity contribution in [3.05, 3.63) is 22.2 Å². The summed E-state index contributed by atoms with van der Waals surface area (Å²) in [6.45, 7) is 6.53. The Balaban J connectivity index is 2.58. The lowest BCUT2D eigenvalue weighted by Gasteiger charge is -2.15. The highest BCUT2D eigenvalue weighted by Gasteiger charge is 2.12. The molecule has 0 N–H and O–H groups in total. The van der Waals surface area contributed by atoms with Gasteiger partial charge in [-0.3, -0.25) is 0 Å². The summed E-state index contributed by atoms with van der Waals surface area (Å²) in [6.07, 6.45) is 2.22. The Kier molecular flexibility index (Phi) is 9.07. The van der Waals surface area contributed by atoms with Gasteiger partial charge in [0, 0.05) is 12.5 Å². The molecule has 0 radical (unpaired) electrons. The van der Waals surface area contributed by atoms with E-state index < -0.39 is 0 Å². The SMILES string of the molecule is CCCCOCCOc1c(Br)cc(CCl)cc1OCC. The van der Waals surface area contributed by atoms with Crippen molar-refractivity contribution in [1.29, 1.82) is 0 Å². The normalized spacial score (nSPS) is 10.6. The van der Waals surface area contributed by atoms with E-state index in [4.69, 9.17) is 25.8 Å². The summed E-state index contributed by atoms with van der Waals surface area (Å²) >= 11 is 9.36. The largest absolute Gasteiger partial charge is 0.490 e. The van der Waals surface area contributed by atoms with Gasteiger partial charge in [-0.1, -0.05) is 13.3 Å². The Morgan fingerprint density at radius 3 is 2.55 bits per heavy atom. The highest BCUT2D eigenvalue weighted by molar-refractivity contribution is 9.10. The summed E-state index contributed by atoms with van der Waals surface area (Å²) in [4.78, 5) is 0. The van der Waals surface area contributed by atoms with Crippen LogP contribution in [0.5, 0.6) is 11.5 Å². The maximum Gasteiger partial charge on any atom is 0.175 e. The van der Waals surface area contributed by atoms with Crippen molar-refractivity contribution >= 4 is 27.5 Å². The van der Waals surface area contributed by atoms with E-state index >= 15 is 0 Å². The first-order chi connectivity index (χ1) is 9.72. The first kappa shape index (κ1) is 17.6. The standard InChI is InChI=1S/C15H22BrClO3/c1-3-5-6-18-7-8-20-15-13(16)9-12(11-17)10-14(15)19-4-2/h9-10H,3-8,11H2,1-2H3. The molecule has 3 nitrogen and oxygen atoms in total. The second kappa shape index (κ2) is 10.3. The molecule has 0 atom stereocenters.